The number of nitrogens with zero attached hydrogens (tertiary/aromatic N) is 3. The van der Waals surface area contributed by atoms with Crippen molar-refractivity contribution in [1.29, 1.82) is 0 Å². The Kier molecular flexibility index (Phi) is 6.18. The lowest BCUT2D eigenvalue weighted by Crippen LogP contribution is -2.44. The van der Waals surface area contributed by atoms with Crippen molar-refractivity contribution in [2.24, 2.45) is 0 Å². The van der Waals surface area contributed by atoms with E-state index in [1.165, 1.54) is 5.56 Å². The minimum Gasteiger partial charge on any atom is -0.497 e. The van der Waals surface area contributed by atoms with E-state index in [0.29, 0.717) is 5.95 Å². The molecule has 1 fully saturated rings. The summed E-state index contributed by atoms with van der Waals surface area (Å²) in [5, 5.41) is 19.6. The molecule has 0 spiro atoms. The van der Waals surface area contributed by atoms with Crippen LogP contribution in [0, 0.1) is 0 Å². The Morgan fingerprint density at radius 3 is 2.78 bits per heavy atom. The van der Waals surface area contributed by atoms with Crippen molar-refractivity contribution >= 4 is 38.3 Å². The number of ether oxygens (including phenoxy) is 1. The minimum atomic E-state index is -0.575. The first-order valence-corrected chi connectivity index (χ1v) is 11.7. The van der Waals surface area contributed by atoms with Gasteiger partial charge in [-0.15, -0.1) is 11.3 Å². The normalized spacial score (nSPS) is 15.8. The number of hydrogen-bond acceptors (Lipinski definition) is 8. The summed E-state index contributed by atoms with van der Waals surface area (Å²) in [6.45, 7) is 4.25. The van der Waals surface area contributed by atoms with Gasteiger partial charge in [-0.1, -0.05) is 12.1 Å². The van der Waals surface area contributed by atoms with Crippen LogP contribution in [0.4, 0.5) is 5.95 Å². The maximum atomic E-state index is 10.9. The second kappa shape index (κ2) is 9.38. The molecule has 0 bridgehead atoms. The van der Waals surface area contributed by atoms with E-state index >= 15 is 0 Å². The van der Waals surface area contributed by atoms with Gasteiger partial charge in [-0.3, -0.25) is 4.90 Å². The third-order valence-corrected chi connectivity index (χ3v) is 7.01. The SMILES string of the molecule is COc1ccc(CCNc2ncc3ccc4sc(C(O)N5CCNCC5)cc4c3n2)cc1. The number of aromatic nitrogens is 2. The van der Waals surface area contributed by atoms with Crippen molar-refractivity contribution in [3.8, 4) is 5.75 Å². The number of anilines is 1. The maximum Gasteiger partial charge on any atom is 0.223 e. The summed E-state index contributed by atoms with van der Waals surface area (Å²) < 4.78 is 6.34. The summed E-state index contributed by atoms with van der Waals surface area (Å²) in [6.07, 6.45) is 2.16. The summed E-state index contributed by atoms with van der Waals surface area (Å²) in [7, 11) is 1.67. The van der Waals surface area contributed by atoms with Gasteiger partial charge in [0, 0.05) is 59.3 Å². The lowest BCUT2D eigenvalue weighted by Gasteiger charge is -2.30. The standard InChI is InChI=1S/C24H27N5O2S/c1-31-18-5-2-16(3-6-18)8-9-26-24-27-15-17-4-7-20-19(22(17)28-24)14-21(32-20)23(30)29-12-10-25-11-13-29/h2-7,14-15,23,25,30H,8-13H2,1H3,(H,26,27,28). The molecule has 5 rings (SSSR count). The Morgan fingerprint density at radius 1 is 1.19 bits per heavy atom. The molecule has 1 atom stereocenters. The number of benzene rings is 2. The highest BCUT2D eigenvalue weighted by Crippen LogP contribution is 2.35. The number of fused-ring (bicyclic) bond motifs is 3. The molecule has 0 amide bonds. The third kappa shape index (κ3) is 4.40. The van der Waals surface area contributed by atoms with Crippen LogP contribution in [0.2, 0.25) is 0 Å². The van der Waals surface area contributed by atoms with Gasteiger partial charge in [0.2, 0.25) is 5.95 Å². The van der Waals surface area contributed by atoms with Gasteiger partial charge in [0.05, 0.1) is 12.6 Å². The van der Waals surface area contributed by atoms with Crippen LogP contribution < -0.4 is 15.4 Å². The van der Waals surface area contributed by atoms with Gasteiger partial charge in [-0.25, -0.2) is 9.97 Å². The summed E-state index contributed by atoms with van der Waals surface area (Å²) >= 11 is 1.63. The summed E-state index contributed by atoms with van der Waals surface area (Å²) in [6, 6.07) is 14.3. The molecule has 166 valence electrons. The first-order valence-electron chi connectivity index (χ1n) is 10.9. The predicted molar refractivity (Wildman–Crippen MR) is 130 cm³/mol. The van der Waals surface area contributed by atoms with Crippen molar-refractivity contribution in [1.82, 2.24) is 20.2 Å². The first kappa shape index (κ1) is 21.1. The fraction of sp³-hybridized carbons (Fsp3) is 0.333. The van der Waals surface area contributed by atoms with Crippen molar-refractivity contribution in [2.75, 3.05) is 45.2 Å². The van der Waals surface area contributed by atoms with Crippen LogP contribution in [0.1, 0.15) is 16.7 Å². The topological polar surface area (TPSA) is 82.5 Å². The Balaban J connectivity index is 1.34. The van der Waals surface area contributed by atoms with Crippen LogP contribution in [-0.2, 0) is 6.42 Å². The van der Waals surface area contributed by atoms with Crippen molar-refractivity contribution in [2.45, 2.75) is 12.6 Å². The number of methoxy groups -OCH3 is 1. The van der Waals surface area contributed by atoms with Crippen LogP contribution in [0.15, 0.2) is 48.7 Å². The quantitative estimate of drug-likeness (QED) is 0.399. The van der Waals surface area contributed by atoms with E-state index in [1.54, 1.807) is 18.4 Å². The van der Waals surface area contributed by atoms with Gasteiger partial charge in [0.15, 0.2) is 0 Å². The summed E-state index contributed by atoms with van der Waals surface area (Å²) in [5.41, 5.74) is 2.14. The minimum absolute atomic E-state index is 0.575. The molecule has 32 heavy (non-hydrogen) atoms. The number of nitrogens with one attached hydrogen (secondary N) is 2. The van der Waals surface area contributed by atoms with Crippen molar-refractivity contribution in [3.05, 3.63) is 59.1 Å². The van der Waals surface area contributed by atoms with E-state index in [-0.39, 0.29) is 0 Å². The molecular formula is C24H27N5O2S. The monoisotopic (exact) mass is 449 g/mol. The molecule has 3 heterocycles. The molecule has 2 aromatic carbocycles. The third-order valence-electron chi connectivity index (χ3n) is 5.87. The molecule has 1 aliphatic heterocycles. The lowest BCUT2D eigenvalue weighted by atomic mass is 10.1. The second-order valence-corrected chi connectivity index (χ2v) is 9.06. The van der Waals surface area contributed by atoms with Crippen molar-refractivity contribution in [3.63, 3.8) is 0 Å². The van der Waals surface area contributed by atoms with Gasteiger partial charge >= 0.3 is 0 Å². The average molecular weight is 450 g/mol. The molecule has 3 N–H and O–H groups in total. The Labute approximate surface area is 191 Å². The molecule has 1 aliphatic rings. The zero-order valence-corrected chi connectivity index (χ0v) is 18.9. The zero-order valence-electron chi connectivity index (χ0n) is 18.0. The largest absolute Gasteiger partial charge is 0.497 e. The highest BCUT2D eigenvalue weighted by Gasteiger charge is 2.22. The number of piperazine rings is 1. The van der Waals surface area contributed by atoms with Crippen LogP contribution in [-0.4, -0.2) is 59.8 Å². The van der Waals surface area contributed by atoms with Crippen LogP contribution in [0.5, 0.6) is 5.75 Å². The first-order chi connectivity index (χ1) is 15.7. The summed E-state index contributed by atoms with van der Waals surface area (Å²) in [4.78, 5) is 12.4. The Bertz CT molecular complexity index is 1200. The molecule has 2 aromatic heterocycles. The molecule has 0 radical (unpaired) electrons. The van der Waals surface area contributed by atoms with Crippen LogP contribution in [0.3, 0.4) is 0 Å². The number of aliphatic hydroxyl groups is 1. The van der Waals surface area contributed by atoms with Crippen molar-refractivity contribution < 1.29 is 9.84 Å². The van der Waals surface area contributed by atoms with E-state index in [9.17, 15) is 5.11 Å². The molecule has 7 nitrogen and oxygen atoms in total. The van der Waals surface area contributed by atoms with Gasteiger partial charge in [0.1, 0.15) is 12.0 Å². The average Bonchev–Trinajstić information content (AvgIpc) is 3.29. The van der Waals surface area contributed by atoms with Crippen LogP contribution >= 0.6 is 11.3 Å². The van der Waals surface area contributed by atoms with E-state index < -0.39 is 6.23 Å². The van der Waals surface area contributed by atoms with Gasteiger partial charge in [0.25, 0.3) is 0 Å². The fourth-order valence-corrected chi connectivity index (χ4v) is 5.14. The van der Waals surface area contributed by atoms with Gasteiger partial charge < -0.3 is 20.5 Å². The highest BCUT2D eigenvalue weighted by atomic mass is 32.1. The molecular weight excluding hydrogens is 422 g/mol. The van der Waals surface area contributed by atoms with E-state index in [2.05, 4.69) is 50.8 Å². The molecule has 0 saturated carbocycles. The Hall–Kier alpha value is -2.78. The Morgan fingerprint density at radius 2 is 2.00 bits per heavy atom. The number of hydrogen-bond donors (Lipinski definition) is 3. The zero-order chi connectivity index (χ0) is 21.9. The highest BCUT2D eigenvalue weighted by molar-refractivity contribution is 7.19. The molecule has 0 aliphatic carbocycles. The molecule has 1 unspecified atom stereocenters. The fourth-order valence-electron chi connectivity index (χ4n) is 4.06. The summed E-state index contributed by atoms with van der Waals surface area (Å²) in [5.74, 6) is 1.48. The second-order valence-electron chi connectivity index (χ2n) is 7.94. The van der Waals surface area contributed by atoms with E-state index in [1.807, 2.05) is 18.3 Å². The van der Waals surface area contributed by atoms with Gasteiger partial charge in [-0.05, 0) is 42.3 Å². The molecule has 1 saturated heterocycles. The van der Waals surface area contributed by atoms with Crippen LogP contribution in [0.25, 0.3) is 21.0 Å². The molecule has 8 heteroatoms. The number of aliphatic hydroxyl groups excluding tert-OH is 1. The lowest BCUT2D eigenvalue weighted by molar-refractivity contribution is -0.00273. The smallest absolute Gasteiger partial charge is 0.223 e. The van der Waals surface area contributed by atoms with Gasteiger partial charge in [-0.2, -0.15) is 0 Å². The van der Waals surface area contributed by atoms with E-state index in [4.69, 9.17) is 9.72 Å². The molecule has 4 aromatic rings. The number of thiophene rings is 1. The van der Waals surface area contributed by atoms with E-state index in [0.717, 1.165) is 70.8 Å². The predicted octanol–water partition coefficient (Wildman–Crippen LogP) is 3.40. The number of rotatable bonds is 7. The maximum absolute atomic E-state index is 10.9.